The Balaban J connectivity index is 1.26. The van der Waals surface area contributed by atoms with E-state index in [0.29, 0.717) is 41.3 Å². The molecule has 1 aliphatic rings. The van der Waals surface area contributed by atoms with Crippen LogP contribution in [0.4, 0.5) is 0 Å². The lowest BCUT2D eigenvalue weighted by Gasteiger charge is -2.16. The molecule has 1 saturated heterocycles. The number of hydrogen-bond donors (Lipinski definition) is 0. The number of methoxy groups -OCH3 is 1. The summed E-state index contributed by atoms with van der Waals surface area (Å²) in [6, 6.07) is 38.3. The highest BCUT2D eigenvalue weighted by atomic mass is 79.9. The van der Waals surface area contributed by atoms with E-state index in [9.17, 15) is 4.79 Å². The molecular formula is C36H29BrN2O3S. The topological polar surface area (TPSA) is 51.1 Å². The van der Waals surface area contributed by atoms with E-state index in [1.165, 1.54) is 17.1 Å². The van der Waals surface area contributed by atoms with E-state index in [1.807, 2.05) is 97.1 Å². The van der Waals surface area contributed by atoms with Gasteiger partial charge in [0.05, 0.1) is 29.6 Å². The Bertz CT molecular complexity index is 1820. The molecular weight excluding hydrogens is 620 g/mol. The number of hydrogen-bond acceptors (Lipinski definition) is 5. The van der Waals surface area contributed by atoms with Crippen LogP contribution in [0.5, 0.6) is 11.5 Å². The van der Waals surface area contributed by atoms with E-state index < -0.39 is 0 Å². The molecule has 7 heteroatoms. The summed E-state index contributed by atoms with van der Waals surface area (Å²) in [6.45, 7) is 1.34. The first-order valence-electron chi connectivity index (χ1n) is 13.9. The van der Waals surface area contributed by atoms with Crippen LogP contribution in [0.15, 0.2) is 130 Å². The van der Waals surface area contributed by atoms with Gasteiger partial charge in [-0.1, -0.05) is 103 Å². The Kier molecular flexibility index (Phi) is 8.91. The SMILES string of the molecule is COc1cc(/C=C2/SC(=NCc3ccccc3)N(Cc3ccccc3)C2=O)cc(Br)c1OCc1cccc2ccccc12. The van der Waals surface area contributed by atoms with Gasteiger partial charge in [0, 0.05) is 0 Å². The van der Waals surface area contributed by atoms with Crippen molar-refractivity contribution in [3.05, 3.63) is 147 Å². The molecule has 1 aliphatic heterocycles. The Morgan fingerprint density at radius 2 is 1.56 bits per heavy atom. The molecule has 0 spiro atoms. The summed E-state index contributed by atoms with van der Waals surface area (Å²) in [5.74, 6) is 1.11. The van der Waals surface area contributed by atoms with Gasteiger partial charge in [-0.2, -0.15) is 0 Å². The van der Waals surface area contributed by atoms with E-state index in [4.69, 9.17) is 14.5 Å². The lowest BCUT2D eigenvalue weighted by atomic mass is 10.1. The number of ether oxygens (including phenoxy) is 2. The molecule has 1 heterocycles. The monoisotopic (exact) mass is 648 g/mol. The first kappa shape index (κ1) is 28.8. The maximum atomic E-state index is 13.7. The second kappa shape index (κ2) is 13.3. The molecule has 0 saturated carbocycles. The van der Waals surface area contributed by atoms with Crippen LogP contribution in [0.3, 0.4) is 0 Å². The minimum absolute atomic E-state index is 0.0768. The molecule has 0 aromatic heterocycles. The van der Waals surface area contributed by atoms with Crippen LogP contribution in [0, 0.1) is 0 Å². The van der Waals surface area contributed by atoms with E-state index >= 15 is 0 Å². The third kappa shape index (κ3) is 6.69. The molecule has 0 bridgehead atoms. The molecule has 0 aliphatic carbocycles. The van der Waals surface area contributed by atoms with Crippen molar-refractivity contribution in [3.63, 3.8) is 0 Å². The zero-order valence-corrected chi connectivity index (χ0v) is 26.0. The van der Waals surface area contributed by atoms with Gasteiger partial charge in [0.1, 0.15) is 6.61 Å². The van der Waals surface area contributed by atoms with Crippen LogP contribution in [-0.2, 0) is 24.5 Å². The Morgan fingerprint density at radius 3 is 2.33 bits per heavy atom. The summed E-state index contributed by atoms with van der Waals surface area (Å²) in [6.07, 6.45) is 1.89. The highest BCUT2D eigenvalue weighted by Gasteiger charge is 2.33. The van der Waals surface area contributed by atoms with E-state index in [-0.39, 0.29) is 5.91 Å². The molecule has 43 heavy (non-hydrogen) atoms. The number of amidine groups is 1. The van der Waals surface area contributed by atoms with Gasteiger partial charge in [-0.15, -0.1) is 0 Å². The first-order chi connectivity index (χ1) is 21.1. The van der Waals surface area contributed by atoms with Crippen LogP contribution < -0.4 is 9.47 Å². The highest BCUT2D eigenvalue weighted by molar-refractivity contribution is 9.10. The Hall–Kier alpha value is -4.33. The lowest BCUT2D eigenvalue weighted by molar-refractivity contribution is -0.122. The first-order valence-corrected chi connectivity index (χ1v) is 15.5. The number of fused-ring (bicyclic) bond motifs is 1. The number of aliphatic imine (C=N–C) groups is 1. The smallest absolute Gasteiger partial charge is 0.267 e. The van der Waals surface area contributed by atoms with Crippen molar-refractivity contribution in [2.45, 2.75) is 19.7 Å². The fraction of sp³-hybridized carbons (Fsp3) is 0.111. The molecule has 0 radical (unpaired) electrons. The molecule has 5 aromatic rings. The van der Waals surface area contributed by atoms with Gasteiger partial charge >= 0.3 is 0 Å². The number of thioether (sulfide) groups is 1. The predicted octanol–water partition coefficient (Wildman–Crippen LogP) is 8.86. The molecule has 1 fully saturated rings. The van der Waals surface area contributed by atoms with Gasteiger partial charge in [0.15, 0.2) is 16.7 Å². The quantitative estimate of drug-likeness (QED) is 0.150. The maximum Gasteiger partial charge on any atom is 0.267 e. The molecule has 0 N–H and O–H groups in total. The fourth-order valence-electron chi connectivity index (χ4n) is 4.96. The number of halogens is 1. The second-order valence-electron chi connectivity index (χ2n) is 10.0. The van der Waals surface area contributed by atoms with Crippen LogP contribution in [-0.4, -0.2) is 23.1 Å². The predicted molar refractivity (Wildman–Crippen MR) is 179 cm³/mol. The van der Waals surface area contributed by atoms with Gasteiger partial charge < -0.3 is 9.47 Å². The second-order valence-corrected chi connectivity index (χ2v) is 11.9. The minimum atomic E-state index is -0.0768. The molecule has 5 aromatic carbocycles. The van der Waals surface area contributed by atoms with E-state index in [2.05, 4.69) is 40.2 Å². The van der Waals surface area contributed by atoms with Gasteiger partial charge in [-0.25, -0.2) is 0 Å². The Labute approximate surface area is 264 Å². The number of nitrogens with zero attached hydrogens (tertiary/aromatic N) is 2. The normalized spacial score (nSPS) is 15.0. The van der Waals surface area contributed by atoms with Crippen molar-refractivity contribution in [1.29, 1.82) is 0 Å². The molecule has 5 nitrogen and oxygen atoms in total. The Morgan fingerprint density at radius 1 is 0.860 bits per heavy atom. The van der Waals surface area contributed by atoms with E-state index in [0.717, 1.165) is 32.1 Å². The van der Waals surface area contributed by atoms with Gasteiger partial charge in [-0.05, 0) is 78.9 Å². The van der Waals surface area contributed by atoms with Crippen molar-refractivity contribution < 1.29 is 14.3 Å². The minimum Gasteiger partial charge on any atom is -0.493 e. The van der Waals surface area contributed by atoms with Crippen molar-refractivity contribution in [2.75, 3.05) is 7.11 Å². The molecule has 0 unspecified atom stereocenters. The third-order valence-electron chi connectivity index (χ3n) is 7.11. The standard InChI is InChI=1S/C36H29BrN2O3S/c1-41-32-20-27(19-31(37)34(32)42-24-29-17-10-16-28-15-8-9-18-30(28)29)21-33-35(40)39(23-26-13-6-3-7-14-26)36(43-33)38-22-25-11-4-2-5-12-25/h2-21H,22-24H2,1H3/b33-21+,38-36?. The van der Waals surface area contributed by atoms with Crippen LogP contribution in [0.2, 0.25) is 0 Å². The number of carbonyl (C=O) groups is 1. The average molecular weight is 650 g/mol. The number of carbonyl (C=O) groups excluding carboxylic acids is 1. The van der Waals surface area contributed by atoms with Crippen LogP contribution >= 0.6 is 27.7 Å². The molecule has 214 valence electrons. The summed E-state index contributed by atoms with van der Waals surface area (Å²) < 4.78 is 12.8. The zero-order chi connectivity index (χ0) is 29.6. The largest absolute Gasteiger partial charge is 0.493 e. The average Bonchev–Trinajstić information content (AvgIpc) is 3.33. The van der Waals surface area contributed by atoms with Crippen LogP contribution in [0.1, 0.15) is 22.3 Å². The van der Waals surface area contributed by atoms with E-state index in [1.54, 1.807) is 12.0 Å². The summed E-state index contributed by atoms with van der Waals surface area (Å²) in [7, 11) is 1.62. The highest BCUT2D eigenvalue weighted by Crippen LogP contribution is 2.40. The summed E-state index contributed by atoms with van der Waals surface area (Å²) in [4.78, 5) is 20.9. The number of benzene rings is 5. The summed E-state index contributed by atoms with van der Waals surface area (Å²) in [5, 5.41) is 3.01. The molecule has 6 rings (SSSR count). The van der Waals surface area contributed by atoms with Crippen molar-refractivity contribution >= 4 is 55.6 Å². The summed E-state index contributed by atoms with van der Waals surface area (Å²) in [5.41, 5.74) is 4.04. The van der Waals surface area contributed by atoms with Gasteiger partial charge in [0.25, 0.3) is 5.91 Å². The van der Waals surface area contributed by atoms with Gasteiger partial charge in [0.2, 0.25) is 0 Å². The number of amides is 1. The van der Waals surface area contributed by atoms with Crippen molar-refractivity contribution in [2.24, 2.45) is 4.99 Å². The molecule has 0 atom stereocenters. The lowest BCUT2D eigenvalue weighted by Crippen LogP contribution is -2.28. The zero-order valence-electron chi connectivity index (χ0n) is 23.6. The summed E-state index contributed by atoms with van der Waals surface area (Å²) >= 11 is 5.08. The van der Waals surface area contributed by atoms with Crippen molar-refractivity contribution in [1.82, 2.24) is 4.90 Å². The third-order valence-corrected chi connectivity index (χ3v) is 8.75. The van der Waals surface area contributed by atoms with Crippen molar-refractivity contribution in [3.8, 4) is 11.5 Å². The maximum absolute atomic E-state index is 13.7. The van der Waals surface area contributed by atoms with Gasteiger partial charge in [-0.3, -0.25) is 14.7 Å². The fourth-order valence-corrected chi connectivity index (χ4v) is 6.51. The number of rotatable bonds is 9. The molecule has 1 amide bonds. The van der Waals surface area contributed by atoms with Crippen LogP contribution in [0.25, 0.3) is 16.8 Å².